The van der Waals surface area contributed by atoms with Crippen molar-refractivity contribution in [3.63, 3.8) is 0 Å². The van der Waals surface area contributed by atoms with Crippen LogP contribution in [0.15, 0.2) is 22.6 Å². The van der Waals surface area contributed by atoms with Gasteiger partial charge in [0.1, 0.15) is 6.04 Å². The van der Waals surface area contributed by atoms with Crippen LogP contribution < -0.4 is 15.2 Å². The van der Waals surface area contributed by atoms with Gasteiger partial charge >= 0.3 is 0 Å². The van der Waals surface area contributed by atoms with Crippen molar-refractivity contribution in [2.75, 3.05) is 6.79 Å². The van der Waals surface area contributed by atoms with Crippen molar-refractivity contribution in [3.05, 3.63) is 35.5 Å². The van der Waals surface area contributed by atoms with Gasteiger partial charge in [-0.15, -0.1) is 10.2 Å². The summed E-state index contributed by atoms with van der Waals surface area (Å²) < 4.78 is 15.8. The normalized spacial score (nSPS) is 14.9. The number of aromatic nitrogens is 2. The molecule has 0 saturated carbocycles. The van der Waals surface area contributed by atoms with Crippen LogP contribution in [0.25, 0.3) is 0 Å². The van der Waals surface area contributed by atoms with E-state index in [4.69, 9.17) is 19.6 Å². The molecule has 0 saturated heterocycles. The first kappa shape index (κ1) is 10.1. The largest absolute Gasteiger partial charge is 0.454 e. The molecule has 0 radical (unpaired) electrons. The van der Waals surface area contributed by atoms with Crippen LogP contribution in [0.5, 0.6) is 11.5 Å². The molecule has 1 aliphatic heterocycles. The Kier molecular flexibility index (Phi) is 2.22. The minimum atomic E-state index is -0.453. The maximum Gasteiger partial charge on any atom is 0.237 e. The fraction of sp³-hybridized carbons (Fsp3) is 0.273. The third-order valence-corrected chi connectivity index (χ3v) is 2.56. The average molecular weight is 233 g/mol. The molecule has 6 nitrogen and oxygen atoms in total. The number of rotatable bonds is 2. The Morgan fingerprint density at radius 2 is 2.06 bits per heavy atom. The third-order valence-electron chi connectivity index (χ3n) is 2.56. The van der Waals surface area contributed by atoms with Gasteiger partial charge in [-0.1, -0.05) is 6.07 Å². The summed E-state index contributed by atoms with van der Waals surface area (Å²) in [7, 11) is 0. The number of hydrogen-bond acceptors (Lipinski definition) is 6. The predicted octanol–water partition coefficient (Wildman–Crippen LogP) is 1.15. The smallest absolute Gasteiger partial charge is 0.237 e. The lowest BCUT2D eigenvalue weighted by atomic mass is 10.1. The summed E-state index contributed by atoms with van der Waals surface area (Å²) in [5, 5.41) is 7.65. The van der Waals surface area contributed by atoms with Crippen molar-refractivity contribution in [1.82, 2.24) is 10.2 Å². The average Bonchev–Trinajstić information content (AvgIpc) is 2.95. The fourth-order valence-corrected chi connectivity index (χ4v) is 1.69. The molecule has 1 unspecified atom stereocenters. The Labute approximate surface area is 97.3 Å². The zero-order valence-corrected chi connectivity index (χ0v) is 9.21. The number of ether oxygens (including phenoxy) is 2. The lowest BCUT2D eigenvalue weighted by Crippen LogP contribution is -2.12. The van der Waals surface area contributed by atoms with Gasteiger partial charge in [-0.2, -0.15) is 0 Å². The molecule has 2 N–H and O–H groups in total. The SMILES string of the molecule is Cc1nnc(C(N)c2ccc3c(c2)OCO3)o1. The molecule has 6 heteroatoms. The lowest BCUT2D eigenvalue weighted by molar-refractivity contribution is 0.174. The fourth-order valence-electron chi connectivity index (χ4n) is 1.69. The van der Waals surface area contributed by atoms with E-state index in [1.807, 2.05) is 18.2 Å². The number of fused-ring (bicyclic) bond motifs is 1. The van der Waals surface area contributed by atoms with E-state index in [0.717, 1.165) is 11.3 Å². The molecule has 17 heavy (non-hydrogen) atoms. The highest BCUT2D eigenvalue weighted by Crippen LogP contribution is 2.34. The van der Waals surface area contributed by atoms with E-state index in [1.54, 1.807) is 6.92 Å². The Hall–Kier alpha value is -2.08. The number of benzene rings is 1. The first-order chi connectivity index (χ1) is 8.24. The monoisotopic (exact) mass is 233 g/mol. The van der Waals surface area contributed by atoms with E-state index >= 15 is 0 Å². The molecular formula is C11H11N3O3. The molecular weight excluding hydrogens is 222 g/mol. The first-order valence-electron chi connectivity index (χ1n) is 5.19. The Morgan fingerprint density at radius 3 is 2.82 bits per heavy atom. The van der Waals surface area contributed by atoms with Gasteiger partial charge in [0.15, 0.2) is 11.5 Å². The maximum absolute atomic E-state index is 6.03. The van der Waals surface area contributed by atoms with E-state index in [9.17, 15) is 0 Å². The standard InChI is InChI=1S/C11H11N3O3/c1-6-13-14-11(17-6)10(12)7-2-3-8-9(4-7)16-5-15-8/h2-4,10H,5,12H2,1H3. The molecule has 88 valence electrons. The second-order valence-electron chi connectivity index (χ2n) is 3.75. The molecule has 1 aliphatic rings. The van der Waals surface area contributed by atoms with Crippen molar-refractivity contribution >= 4 is 0 Å². The van der Waals surface area contributed by atoms with Gasteiger partial charge in [-0.05, 0) is 17.7 Å². The number of nitrogens with two attached hydrogens (primary N) is 1. The van der Waals surface area contributed by atoms with Crippen LogP contribution in [-0.2, 0) is 0 Å². The predicted molar refractivity (Wildman–Crippen MR) is 57.6 cm³/mol. The zero-order valence-electron chi connectivity index (χ0n) is 9.21. The molecule has 0 fully saturated rings. The van der Waals surface area contributed by atoms with Crippen molar-refractivity contribution in [2.45, 2.75) is 13.0 Å². The number of nitrogens with zero attached hydrogens (tertiary/aromatic N) is 2. The minimum Gasteiger partial charge on any atom is -0.454 e. The van der Waals surface area contributed by atoms with Crippen LogP contribution in [-0.4, -0.2) is 17.0 Å². The molecule has 2 heterocycles. The zero-order chi connectivity index (χ0) is 11.8. The topological polar surface area (TPSA) is 83.4 Å². The van der Waals surface area contributed by atoms with E-state index in [-0.39, 0.29) is 6.79 Å². The summed E-state index contributed by atoms with van der Waals surface area (Å²) in [6, 6.07) is 5.05. The Morgan fingerprint density at radius 1 is 1.24 bits per heavy atom. The van der Waals surface area contributed by atoms with Gasteiger partial charge < -0.3 is 19.6 Å². The lowest BCUT2D eigenvalue weighted by Gasteiger charge is -2.07. The van der Waals surface area contributed by atoms with Gasteiger partial charge in [-0.3, -0.25) is 0 Å². The third kappa shape index (κ3) is 1.72. The number of aryl methyl sites for hydroxylation is 1. The van der Waals surface area contributed by atoms with E-state index < -0.39 is 6.04 Å². The summed E-state index contributed by atoms with van der Waals surface area (Å²) >= 11 is 0. The maximum atomic E-state index is 6.03. The van der Waals surface area contributed by atoms with E-state index in [1.165, 1.54) is 0 Å². The molecule has 1 aromatic carbocycles. The number of hydrogen-bond donors (Lipinski definition) is 1. The summed E-state index contributed by atoms with van der Waals surface area (Å²) in [5.74, 6) is 2.30. The molecule has 2 aromatic rings. The van der Waals surface area contributed by atoms with Gasteiger partial charge in [0.2, 0.25) is 18.6 Å². The van der Waals surface area contributed by atoms with Crippen molar-refractivity contribution in [3.8, 4) is 11.5 Å². The molecule has 0 amide bonds. The van der Waals surface area contributed by atoms with Crippen LogP contribution >= 0.6 is 0 Å². The van der Waals surface area contributed by atoms with Crippen molar-refractivity contribution in [2.24, 2.45) is 5.73 Å². The molecule has 0 bridgehead atoms. The highest BCUT2D eigenvalue weighted by Gasteiger charge is 2.19. The minimum absolute atomic E-state index is 0.244. The van der Waals surface area contributed by atoms with Crippen LogP contribution in [0.1, 0.15) is 23.4 Å². The highest BCUT2D eigenvalue weighted by atomic mass is 16.7. The second kappa shape index (κ2) is 3.74. The van der Waals surface area contributed by atoms with E-state index in [2.05, 4.69) is 10.2 Å². The van der Waals surface area contributed by atoms with Gasteiger partial charge in [0.25, 0.3) is 0 Å². The van der Waals surface area contributed by atoms with Gasteiger partial charge in [0, 0.05) is 6.92 Å². The molecule has 1 atom stereocenters. The van der Waals surface area contributed by atoms with Gasteiger partial charge in [0.05, 0.1) is 0 Å². The Bertz CT molecular complexity index is 553. The van der Waals surface area contributed by atoms with Crippen LogP contribution in [0.3, 0.4) is 0 Å². The highest BCUT2D eigenvalue weighted by molar-refractivity contribution is 5.45. The summed E-state index contributed by atoms with van der Waals surface area (Å²) in [6.45, 7) is 1.97. The van der Waals surface area contributed by atoms with Crippen LogP contribution in [0, 0.1) is 6.92 Å². The van der Waals surface area contributed by atoms with E-state index in [0.29, 0.717) is 17.5 Å². The molecule has 3 rings (SSSR count). The second-order valence-corrected chi connectivity index (χ2v) is 3.75. The molecule has 0 spiro atoms. The first-order valence-corrected chi connectivity index (χ1v) is 5.19. The molecule has 0 aliphatic carbocycles. The summed E-state index contributed by atoms with van der Waals surface area (Å²) in [4.78, 5) is 0. The van der Waals surface area contributed by atoms with Crippen LogP contribution in [0.2, 0.25) is 0 Å². The Balaban J connectivity index is 1.94. The van der Waals surface area contributed by atoms with Crippen molar-refractivity contribution < 1.29 is 13.9 Å². The quantitative estimate of drug-likeness (QED) is 0.837. The van der Waals surface area contributed by atoms with Crippen molar-refractivity contribution in [1.29, 1.82) is 0 Å². The summed E-state index contributed by atoms with van der Waals surface area (Å²) in [6.07, 6.45) is 0. The molecule has 1 aromatic heterocycles. The van der Waals surface area contributed by atoms with Gasteiger partial charge in [-0.25, -0.2) is 0 Å². The summed E-state index contributed by atoms with van der Waals surface area (Å²) in [5.41, 5.74) is 6.88. The van der Waals surface area contributed by atoms with Crippen LogP contribution in [0.4, 0.5) is 0 Å².